The van der Waals surface area contributed by atoms with Crippen molar-refractivity contribution in [3.8, 4) is 0 Å². The Morgan fingerprint density at radius 2 is 0.703 bits per heavy atom. The van der Waals surface area contributed by atoms with Gasteiger partial charge in [0.05, 0.1) is 26.2 Å². The van der Waals surface area contributed by atoms with Crippen molar-refractivity contribution in [1.82, 2.24) is 0 Å². The summed E-state index contributed by atoms with van der Waals surface area (Å²) in [6, 6.07) is 0. The minimum atomic E-state index is -4.77. The lowest BCUT2D eigenvalue weighted by Crippen LogP contribution is -2.30. The first-order chi connectivity index (χ1) is 36.2. The summed E-state index contributed by atoms with van der Waals surface area (Å²) in [4.78, 5) is 48.5. The summed E-state index contributed by atoms with van der Waals surface area (Å²) >= 11 is 0. The third-order valence-corrected chi connectivity index (χ3v) is 13.9. The number of phosphoric acid groups is 1. The number of ether oxygens (including phenoxy) is 3. The van der Waals surface area contributed by atoms with Crippen molar-refractivity contribution in [3.63, 3.8) is 0 Å². The first-order valence-corrected chi connectivity index (χ1v) is 31.7. The summed E-state index contributed by atoms with van der Waals surface area (Å²) in [7, 11) is -4.77. The van der Waals surface area contributed by atoms with E-state index in [9.17, 15) is 28.9 Å². The zero-order valence-electron chi connectivity index (χ0n) is 47.6. The Morgan fingerprint density at radius 3 is 1.07 bits per heavy atom. The number of allylic oxidation sites excluding steroid dienone is 9. The number of rotatable bonds is 56. The van der Waals surface area contributed by atoms with Gasteiger partial charge in [0.15, 0.2) is 6.10 Å². The molecule has 11 nitrogen and oxygen atoms in total. The van der Waals surface area contributed by atoms with Gasteiger partial charge in [-0.1, -0.05) is 274 Å². The molecule has 74 heavy (non-hydrogen) atoms. The second-order valence-electron chi connectivity index (χ2n) is 20.2. The van der Waals surface area contributed by atoms with Gasteiger partial charge in [-0.05, 0) is 44.9 Å². The predicted octanol–water partition coefficient (Wildman–Crippen LogP) is 17.9. The lowest BCUT2D eigenvalue weighted by Gasteiger charge is -2.21. The Hall–Kier alpha value is -2.82. The van der Waals surface area contributed by atoms with E-state index in [-0.39, 0.29) is 25.9 Å². The van der Waals surface area contributed by atoms with E-state index in [1.165, 1.54) is 154 Å². The molecule has 2 N–H and O–H groups in total. The molecule has 0 spiro atoms. The second-order valence-corrected chi connectivity index (χ2v) is 21.6. The number of esters is 3. The van der Waals surface area contributed by atoms with Gasteiger partial charge in [-0.3, -0.25) is 23.4 Å². The molecule has 0 rings (SSSR count). The first-order valence-electron chi connectivity index (χ1n) is 30.2. The monoisotopic (exact) mass is 1060 g/mol. The zero-order chi connectivity index (χ0) is 54.1. The van der Waals surface area contributed by atoms with E-state index < -0.39 is 57.8 Å². The lowest BCUT2D eigenvalue weighted by atomic mass is 10.0. The highest BCUT2D eigenvalue weighted by Crippen LogP contribution is 2.43. The molecule has 0 fully saturated rings. The molecule has 3 unspecified atom stereocenters. The maximum atomic E-state index is 12.9. The maximum absolute atomic E-state index is 12.9. The van der Waals surface area contributed by atoms with Crippen molar-refractivity contribution in [2.45, 2.75) is 290 Å². The van der Waals surface area contributed by atoms with Gasteiger partial charge in [0, 0.05) is 12.8 Å². The molecule has 0 heterocycles. The minimum Gasteiger partial charge on any atom is -0.462 e. The molecule has 0 bridgehead atoms. The Balaban J connectivity index is 4.75. The Kier molecular flexibility index (Phi) is 54.2. The van der Waals surface area contributed by atoms with Gasteiger partial charge >= 0.3 is 25.7 Å². The second kappa shape index (κ2) is 56.4. The SMILES string of the molecule is CC/C=C\C/C=C\C/C=C\C/C=C\C/C=C\CC(=O)OC(COC(=O)CCCCCCCCCCCCCCCCCCCCC)COP(=O)(O)OCC(CO)OC(=O)CCCCCCCCCCCCCCC. The summed E-state index contributed by atoms with van der Waals surface area (Å²) < 4.78 is 39.4. The van der Waals surface area contributed by atoms with Crippen LogP contribution in [0.1, 0.15) is 278 Å². The summed E-state index contributed by atoms with van der Waals surface area (Å²) in [5.41, 5.74) is 0. The molecule has 0 saturated heterocycles. The number of aliphatic hydroxyl groups excluding tert-OH is 1. The van der Waals surface area contributed by atoms with Crippen LogP contribution in [0.15, 0.2) is 60.8 Å². The van der Waals surface area contributed by atoms with Crippen LogP contribution in [0.25, 0.3) is 0 Å². The molecule has 0 aliphatic rings. The van der Waals surface area contributed by atoms with E-state index in [2.05, 4.69) is 63.3 Å². The Labute approximate surface area is 453 Å². The highest BCUT2D eigenvalue weighted by atomic mass is 31.2. The molecule has 0 aliphatic carbocycles. The van der Waals surface area contributed by atoms with Gasteiger partial charge < -0.3 is 24.2 Å². The summed E-state index contributed by atoms with van der Waals surface area (Å²) in [6.45, 7) is 4.46. The fraction of sp³-hybridized carbons (Fsp3) is 0.790. The van der Waals surface area contributed by atoms with Crippen molar-refractivity contribution in [3.05, 3.63) is 60.8 Å². The van der Waals surface area contributed by atoms with E-state index in [0.29, 0.717) is 19.3 Å². The smallest absolute Gasteiger partial charge is 0.462 e. The fourth-order valence-corrected chi connectivity index (χ4v) is 9.22. The van der Waals surface area contributed by atoms with Gasteiger partial charge in [-0.25, -0.2) is 4.57 Å². The van der Waals surface area contributed by atoms with Gasteiger partial charge in [0.1, 0.15) is 12.7 Å². The van der Waals surface area contributed by atoms with Crippen LogP contribution >= 0.6 is 7.82 Å². The van der Waals surface area contributed by atoms with E-state index in [1.54, 1.807) is 6.08 Å². The van der Waals surface area contributed by atoms with Crippen LogP contribution in [0, 0.1) is 0 Å². The highest BCUT2D eigenvalue weighted by molar-refractivity contribution is 7.47. The number of hydrogen-bond acceptors (Lipinski definition) is 10. The number of carbonyl (C=O) groups excluding carboxylic acids is 3. The molecular weight excluding hydrogens is 952 g/mol. The van der Waals surface area contributed by atoms with Crippen molar-refractivity contribution in [2.24, 2.45) is 0 Å². The minimum absolute atomic E-state index is 0.0620. The van der Waals surface area contributed by atoms with Gasteiger partial charge in [0.2, 0.25) is 0 Å². The van der Waals surface area contributed by atoms with Crippen LogP contribution in [0.2, 0.25) is 0 Å². The third kappa shape index (κ3) is 54.0. The number of aliphatic hydroxyl groups is 1. The normalized spacial score (nSPS) is 13.7. The standard InChI is InChI=1S/C62H111O11P/c1-4-7-10-13-16-19-22-25-27-28-29-30-32-34-36-39-42-45-48-51-60(64)69-55-59(73-62(66)53-50-47-44-41-38-35-31-26-23-20-17-14-11-8-5-2)57-71-74(67,68)70-56-58(54-63)72-61(65)52-49-46-43-40-37-33-24-21-18-15-12-9-6-3/h8,11,17,20,26,31,38,41,47,50,58-59,63H,4-7,9-10,12-16,18-19,21-25,27-30,32-37,39-40,42-46,48-49,51-57H2,1-3H3,(H,67,68)/b11-8-,20-17-,31-26-,41-38-,50-47-. The van der Waals surface area contributed by atoms with Crippen molar-refractivity contribution >= 4 is 25.7 Å². The van der Waals surface area contributed by atoms with E-state index >= 15 is 0 Å². The number of carbonyl (C=O) groups is 3. The van der Waals surface area contributed by atoms with E-state index in [1.807, 2.05) is 12.2 Å². The maximum Gasteiger partial charge on any atom is 0.472 e. The fourth-order valence-electron chi connectivity index (χ4n) is 8.43. The molecule has 0 aromatic heterocycles. The summed E-state index contributed by atoms with van der Waals surface area (Å²) in [5, 5.41) is 9.81. The van der Waals surface area contributed by atoms with Crippen LogP contribution in [-0.4, -0.2) is 66.5 Å². The molecule has 12 heteroatoms. The highest BCUT2D eigenvalue weighted by Gasteiger charge is 2.28. The first kappa shape index (κ1) is 71.2. The molecule has 0 radical (unpaired) electrons. The Bertz CT molecular complexity index is 1470. The molecule has 0 saturated carbocycles. The van der Waals surface area contributed by atoms with Crippen molar-refractivity contribution in [2.75, 3.05) is 26.4 Å². The molecule has 0 aliphatic heterocycles. The van der Waals surface area contributed by atoms with E-state index in [4.69, 9.17) is 23.3 Å². The quantitative estimate of drug-likeness (QED) is 0.0197. The molecule has 430 valence electrons. The summed E-state index contributed by atoms with van der Waals surface area (Å²) in [6.07, 6.45) is 62.1. The number of hydrogen-bond donors (Lipinski definition) is 2. The number of unbranched alkanes of at least 4 members (excludes halogenated alkanes) is 30. The van der Waals surface area contributed by atoms with Crippen LogP contribution in [0.4, 0.5) is 0 Å². The zero-order valence-corrected chi connectivity index (χ0v) is 48.5. The van der Waals surface area contributed by atoms with Crippen molar-refractivity contribution in [1.29, 1.82) is 0 Å². The molecule has 3 atom stereocenters. The van der Waals surface area contributed by atoms with Crippen molar-refractivity contribution < 1.29 is 52.2 Å². The molecular formula is C62H111O11P. The average Bonchev–Trinajstić information content (AvgIpc) is 3.39. The van der Waals surface area contributed by atoms with Crippen LogP contribution in [0.5, 0.6) is 0 Å². The third-order valence-electron chi connectivity index (χ3n) is 13.0. The van der Waals surface area contributed by atoms with Crippen LogP contribution in [-0.2, 0) is 42.2 Å². The van der Waals surface area contributed by atoms with Gasteiger partial charge in [-0.2, -0.15) is 0 Å². The van der Waals surface area contributed by atoms with Gasteiger partial charge in [0.25, 0.3) is 0 Å². The van der Waals surface area contributed by atoms with Crippen LogP contribution in [0.3, 0.4) is 0 Å². The van der Waals surface area contributed by atoms with E-state index in [0.717, 1.165) is 64.2 Å². The predicted molar refractivity (Wildman–Crippen MR) is 307 cm³/mol. The molecule has 0 aromatic rings. The molecule has 0 amide bonds. The largest absolute Gasteiger partial charge is 0.472 e. The lowest BCUT2D eigenvalue weighted by molar-refractivity contribution is -0.160. The number of phosphoric ester groups is 1. The van der Waals surface area contributed by atoms with Crippen LogP contribution < -0.4 is 0 Å². The summed E-state index contributed by atoms with van der Waals surface area (Å²) in [5.74, 6) is -1.60. The van der Waals surface area contributed by atoms with Gasteiger partial charge in [-0.15, -0.1) is 0 Å². The average molecular weight is 1060 g/mol. The topological polar surface area (TPSA) is 155 Å². The Morgan fingerprint density at radius 1 is 0.392 bits per heavy atom. The molecule has 0 aromatic carbocycles.